The molecule has 0 fully saturated rings. The summed E-state index contributed by atoms with van der Waals surface area (Å²) in [5.74, 6) is -1.32. The summed E-state index contributed by atoms with van der Waals surface area (Å²) >= 11 is 5.40. The second-order valence-corrected chi connectivity index (χ2v) is 7.52. The van der Waals surface area contributed by atoms with E-state index in [9.17, 15) is 13.6 Å². The molecule has 0 radical (unpaired) electrons. The number of halogens is 3. The predicted molar refractivity (Wildman–Crippen MR) is 112 cm³/mol. The van der Waals surface area contributed by atoms with Crippen LogP contribution in [0.3, 0.4) is 0 Å². The molecule has 1 aromatic carbocycles. The maximum Gasteiger partial charge on any atom is 0.237 e. The molecule has 2 aromatic rings. The Morgan fingerprint density at radius 3 is 2.90 bits per heavy atom. The van der Waals surface area contributed by atoms with Crippen molar-refractivity contribution in [2.24, 2.45) is 11.5 Å². The van der Waals surface area contributed by atoms with Crippen LogP contribution >= 0.6 is 24.6 Å². The fourth-order valence-corrected chi connectivity index (χ4v) is 4.06. The number of carbonyl (C=O) groups is 1. The topological polar surface area (TPSA) is 102 Å². The molecule has 29 heavy (non-hydrogen) atoms. The summed E-state index contributed by atoms with van der Waals surface area (Å²) in [5.41, 5.74) is 13.3. The number of hydrogen-bond donors (Lipinski definition) is 4. The van der Waals surface area contributed by atoms with Crippen molar-refractivity contribution in [2.75, 3.05) is 6.54 Å². The van der Waals surface area contributed by atoms with Crippen LogP contribution in [0, 0.1) is 16.4 Å². The standard InChI is InChI=1S/C19H25F2N5OS.ClH/c20-12-6-11-7-13(3-4-15(11)16(21)8-12)26-14(10-25-19(26)28)9-24-18(27)17(23)2-1-5-22;/h6,8,10,13,17H,1-5,7,9,22-23H2,(H,24,27)(H,25,28);1H/t13-,17+;/m1./s1. The average molecular weight is 446 g/mol. The van der Waals surface area contributed by atoms with E-state index in [-0.39, 0.29) is 30.9 Å². The number of fused-ring (bicyclic) bond motifs is 1. The van der Waals surface area contributed by atoms with Crippen LogP contribution in [0.4, 0.5) is 8.78 Å². The maximum absolute atomic E-state index is 14.0. The summed E-state index contributed by atoms with van der Waals surface area (Å²) < 4.78 is 30.0. The molecule has 3 rings (SSSR count). The highest BCUT2D eigenvalue weighted by Crippen LogP contribution is 2.32. The number of nitrogens with two attached hydrogens (primary N) is 2. The molecule has 160 valence electrons. The van der Waals surface area contributed by atoms with E-state index >= 15 is 0 Å². The smallest absolute Gasteiger partial charge is 0.237 e. The highest BCUT2D eigenvalue weighted by atomic mass is 35.5. The third kappa shape index (κ3) is 5.42. The monoisotopic (exact) mass is 445 g/mol. The minimum absolute atomic E-state index is 0. The van der Waals surface area contributed by atoms with Crippen LogP contribution < -0.4 is 16.8 Å². The lowest BCUT2D eigenvalue weighted by Gasteiger charge is -2.27. The first-order valence-corrected chi connectivity index (χ1v) is 9.80. The third-order valence-corrected chi connectivity index (χ3v) is 5.51. The van der Waals surface area contributed by atoms with Gasteiger partial charge in [0.2, 0.25) is 5.91 Å². The number of imidazole rings is 1. The number of hydrogen-bond acceptors (Lipinski definition) is 4. The number of benzene rings is 1. The van der Waals surface area contributed by atoms with E-state index in [4.69, 9.17) is 23.7 Å². The van der Waals surface area contributed by atoms with Crippen molar-refractivity contribution < 1.29 is 13.6 Å². The van der Waals surface area contributed by atoms with E-state index in [0.29, 0.717) is 54.5 Å². The number of carbonyl (C=O) groups excluding carboxylic acids is 1. The lowest BCUT2D eigenvalue weighted by Crippen LogP contribution is -2.40. The number of nitrogens with one attached hydrogen (secondary N) is 2. The van der Waals surface area contributed by atoms with Gasteiger partial charge >= 0.3 is 0 Å². The molecule has 1 aliphatic rings. The van der Waals surface area contributed by atoms with Crippen LogP contribution in [0.2, 0.25) is 0 Å². The molecule has 1 heterocycles. The highest BCUT2D eigenvalue weighted by molar-refractivity contribution is 7.71. The second kappa shape index (κ2) is 10.3. The second-order valence-electron chi connectivity index (χ2n) is 7.13. The molecule has 6 nitrogen and oxygen atoms in total. The largest absolute Gasteiger partial charge is 0.349 e. The number of H-pyrrole nitrogens is 1. The molecular formula is C19H26ClF2N5OS. The van der Waals surface area contributed by atoms with Gasteiger partial charge in [0.25, 0.3) is 0 Å². The minimum atomic E-state index is -0.605. The summed E-state index contributed by atoms with van der Waals surface area (Å²) in [6, 6.07) is 1.67. The van der Waals surface area contributed by atoms with Crippen LogP contribution in [0.25, 0.3) is 0 Å². The molecule has 10 heteroatoms. The highest BCUT2D eigenvalue weighted by Gasteiger charge is 2.25. The Hall–Kier alpha value is -1.81. The predicted octanol–water partition coefficient (Wildman–Crippen LogP) is 2.66. The van der Waals surface area contributed by atoms with Crippen LogP contribution in [-0.2, 0) is 24.2 Å². The SMILES string of the molecule is Cl.NCCC[C@H](N)C(=O)NCc1c[nH]c(=S)n1[C@@H]1CCc2c(F)cc(F)cc2C1. The van der Waals surface area contributed by atoms with Crippen molar-refractivity contribution in [3.63, 3.8) is 0 Å². The fraction of sp³-hybridized carbons (Fsp3) is 0.474. The zero-order valence-electron chi connectivity index (χ0n) is 15.9. The lowest BCUT2D eigenvalue weighted by molar-refractivity contribution is -0.122. The van der Waals surface area contributed by atoms with Crippen LogP contribution in [0.1, 0.15) is 42.1 Å². The van der Waals surface area contributed by atoms with Gasteiger partial charge in [-0.05, 0) is 68.1 Å². The molecule has 0 aliphatic heterocycles. The number of amides is 1. The van der Waals surface area contributed by atoms with Gasteiger partial charge in [0.05, 0.1) is 18.3 Å². The van der Waals surface area contributed by atoms with Crippen LogP contribution in [0.15, 0.2) is 18.3 Å². The summed E-state index contributed by atoms with van der Waals surface area (Å²) in [6.45, 7) is 0.756. The van der Waals surface area contributed by atoms with Crippen molar-refractivity contribution in [3.05, 3.63) is 51.6 Å². The normalized spacial score (nSPS) is 16.6. The van der Waals surface area contributed by atoms with E-state index in [1.54, 1.807) is 6.20 Å². The minimum Gasteiger partial charge on any atom is -0.349 e. The van der Waals surface area contributed by atoms with Crippen LogP contribution in [0.5, 0.6) is 0 Å². The Kier molecular flexibility index (Phi) is 8.33. The molecule has 0 unspecified atom stereocenters. The summed E-state index contributed by atoms with van der Waals surface area (Å²) in [4.78, 5) is 15.1. The average Bonchev–Trinajstić information content (AvgIpc) is 3.03. The van der Waals surface area contributed by atoms with Crippen molar-refractivity contribution in [2.45, 2.75) is 50.7 Å². The Labute approximate surface area is 179 Å². The zero-order valence-corrected chi connectivity index (χ0v) is 17.6. The van der Waals surface area contributed by atoms with E-state index in [2.05, 4.69) is 10.3 Å². The molecule has 0 saturated heterocycles. The number of rotatable bonds is 7. The fourth-order valence-electron chi connectivity index (χ4n) is 3.73. The van der Waals surface area contributed by atoms with Crippen molar-refractivity contribution in [3.8, 4) is 0 Å². The van der Waals surface area contributed by atoms with Crippen molar-refractivity contribution >= 4 is 30.5 Å². The quantitative estimate of drug-likeness (QED) is 0.492. The Bertz CT molecular complexity index is 916. The van der Waals surface area contributed by atoms with Gasteiger partial charge in [-0.15, -0.1) is 12.4 Å². The number of nitrogens with zero attached hydrogens (tertiary/aromatic N) is 1. The number of aromatic amines is 1. The molecule has 0 spiro atoms. The van der Waals surface area contributed by atoms with E-state index < -0.39 is 17.7 Å². The Morgan fingerprint density at radius 2 is 2.17 bits per heavy atom. The lowest BCUT2D eigenvalue weighted by atomic mass is 9.87. The van der Waals surface area contributed by atoms with E-state index in [1.165, 1.54) is 6.07 Å². The van der Waals surface area contributed by atoms with E-state index in [1.807, 2.05) is 4.57 Å². The zero-order chi connectivity index (χ0) is 20.3. The van der Waals surface area contributed by atoms with Gasteiger partial charge in [0, 0.05) is 18.3 Å². The van der Waals surface area contributed by atoms with Gasteiger partial charge in [-0.3, -0.25) is 4.79 Å². The first-order chi connectivity index (χ1) is 13.4. The first-order valence-electron chi connectivity index (χ1n) is 9.39. The van der Waals surface area contributed by atoms with Gasteiger partial charge in [0.15, 0.2) is 4.77 Å². The molecule has 1 aromatic heterocycles. The van der Waals surface area contributed by atoms with Crippen LogP contribution in [-0.4, -0.2) is 28.0 Å². The van der Waals surface area contributed by atoms with Gasteiger partial charge in [-0.1, -0.05) is 0 Å². The van der Waals surface area contributed by atoms with Gasteiger partial charge in [0.1, 0.15) is 11.6 Å². The van der Waals surface area contributed by atoms with Gasteiger partial charge < -0.3 is 26.3 Å². The Morgan fingerprint density at radius 1 is 1.41 bits per heavy atom. The molecule has 2 atom stereocenters. The van der Waals surface area contributed by atoms with Gasteiger partial charge in [-0.2, -0.15) is 0 Å². The van der Waals surface area contributed by atoms with Crippen molar-refractivity contribution in [1.82, 2.24) is 14.9 Å². The van der Waals surface area contributed by atoms with Gasteiger partial charge in [-0.25, -0.2) is 8.78 Å². The molecule has 1 amide bonds. The third-order valence-electron chi connectivity index (χ3n) is 5.19. The molecule has 0 bridgehead atoms. The van der Waals surface area contributed by atoms with E-state index in [0.717, 1.165) is 11.8 Å². The van der Waals surface area contributed by atoms with Crippen molar-refractivity contribution in [1.29, 1.82) is 0 Å². The molecule has 0 saturated carbocycles. The maximum atomic E-state index is 14.0. The summed E-state index contributed by atoms with van der Waals surface area (Å²) in [5, 5.41) is 2.83. The summed E-state index contributed by atoms with van der Waals surface area (Å²) in [7, 11) is 0. The summed E-state index contributed by atoms with van der Waals surface area (Å²) in [6.07, 6.45) is 4.62. The molecule has 6 N–H and O–H groups in total. The molecular weight excluding hydrogens is 420 g/mol. The molecule has 1 aliphatic carbocycles. The number of aromatic nitrogens is 2. The first kappa shape index (κ1) is 23.5. The Balaban J connectivity index is 0.00000300.